The van der Waals surface area contributed by atoms with Gasteiger partial charge in [0.05, 0.1) is 30.7 Å². The zero-order valence-corrected chi connectivity index (χ0v) is 16.4. The molecule has 0 aromatic heterocycles. The summed E-state index contributed by atoms with van der Waals surface area (Å²) in [4.78, 5) is 14.4. The Bertz CT molecular complexity index is 723. The molecule has 1 aromatic carbocycles. The van der Waals surface area contributed by atoms with Gasteiger partial charge in [-0.1, -0.05) is 58.0 Å². The highest BCUT2D eigenvalue weighted by molar-refractivity contribution is 6.59. The molecule has 1 unspecified atom stereocenters. The molecule has 1 atom stereocenters. The molecule has 0 saturated carbocycles. The molecule has 2 rings (SSSR count). The lowest BCUT2D eigenvalue weighted by Crippen LogP contribution is -2.34. The standard InChI is InChI=1S/C15H14Cl5NO2/c1-4-21(5-2)14(22)7-8-6(9(16)12(19)10(7)17)11(18)13(20)15(8,3)23/h23H,4-5H2,1-3H3. The lowest BCUT2D eigenvalue weighted by Gasteiger charge is -2.27. The van der Waals surface area contributed by atoms with Gasteiger partial charge in [0.15, 0.2) is 0 Å². The third kappa shape index (κ3) is 2.76. The van der Waals surface area contributed by atoms with E-state index in [9.17, 15) is 9.90 Å². The number of fused-ring (bicyclic) bond motifs is 1. The second-order valence-corrected chi connectivity index (χ2v) is 7.13. The summed E-state index contributed by atoms with van der Waals surface area (Å²) in [5.74, 6) is -0.370. The molecule has 0 heterocycles. The number of hydrogen-bond donors (Lipinski definition) is 1. The fourth-order valence-electron chi connectivity index (χ4n) is 2.66. The van der Waals surface area contributed by atoms with Crippen LogP contribution in [0.3, 0.4) is 0 Å². The van der Waals surface area contributed by atoms with E-state index in [1.54, 1.807) is 4.90 Å². The zero-order chi connectivity index (χ0) is 17.7. The summed E-state index contributed by atoms with van der Waals surface area (Å²) in [6.07, 6.45) is 0. The first-order chi connectivity index (χ1) is 10.6. The quantitative estimate of drug-likeness (QED) is 0.660. The van der Waals surface area contributed by atoms with E-state index < -0.39 is 5.60 Å². The van der Waals surface area contributed by atoms with Crippen molar-refractivity contribution in [3.05, 3.63) is 36.8 Å². The number of amides is 1. The van der Waals surface area contributed by atoms with E-state index in [1.807, 2.05) is 13.8 Å². The molecular weight excluding hydrogens is 403 g/mol. The minimum atomic E-state index is -1.68. The van der Waals surface area contributed by atoms with E-state index in [4.69, 9.17) is 58.0 Å². The van der Waals surface area contributed by atoms with Crippen LogP contribution in [0.25, 0.3) is 5.03 Å². The van der Waals surface area contributed by atoms with Crippen LogP contribution in [0.1, 0.15) is 42.3 Å². The largest absolute Gasteiger partial charge is 0.380 e. The van der Waals surface area contributed by atoms with Gasteiger partial charge in [-0.05, 0) is 20.8 Å². The summed E-state index contributed by atoms with van der Waals surface area (Å²) in [6, 6.07) is 0. The predicted octanol–water partition coefficient (Wildman–Crippen LogP) is 5.50. The van der Waals surface area contributed by atoms with Crippen LogP contribution in [0.2, 0.25) is 15.1 Å². The van der Waals surface area contributed by atoms with Crippen LogP contribution >= 0.6 is 58.0 Å². The summed E-state index contributed by atoms with van der Waals surface area (Å²) >= 11 is 31.0. The second kappa shape index (κ2) is 6.62. The maximum atomic E-state index is 12.9. The highest BCUT2D eigenvalue weighted by atomic mass is 35.5. The molecule has 1 aromatic rings. The van der Waals surface area contributed by atoms with E-state index in [1.165, 1.54) is 6.92 Å². The number of carbonyl (C=O) groups is 1. The van der Waals surface area contributed by atoms with Crippen molar-refractivity contribution in [2.75, 3.05) is 13.1 Å². The maximum absolute atomic E-state index is 12.9. The monoisotopic (exact) mass is 415 g/mol. The molecule has 0 fully saturated rings. The van der Waals surface area contributed by atoms with E-state index in [0.29, 0.717) is 13.1 Å². The van der Waals surface area contributed by atoms with Gasteiger partial charge >= 0.3 is 0 Å². The Hall–Kier alpha value is -0.160. The Labute approximate surface area is 159 Å². The van der Waals surface area contributed by atoms with Gasteiger partial charge in [0, 0.05) is 24.2 Å². The highest BCUT2D eigenvalue weighted by Crippen LogP contribution is 2.55. The van der Waals surface area contributed by atoms with Gasteiger partial charge in [-0.25, -0.2) is 0 Å². The van der Waals surface area contributed by atoms with E-state index in [0.717, 1.165) is 0 Å². The minimum Gasteiger partial charge on any atom is -0.380 e. The summed E-state index contributed by atoms with van der Waals surface area (Å²) in [7, 11) is 0. The molecule has 1 aliphatic carbocycles. The van der Waals surface area contributed by atoms with Crippen molar-refractivity contribution in [3.8, 4) is 0 Å². The molecule has 3 nitrogen and oxygen atoms in total. The summed E-state index contributed by atoms with van der Waals surface area (Å²) in [5, 5.41) is 10.8. The first kappa shape index (κ1) is 19.2. The van der Waals surface area contributed by atoms with Crippen molar-refractivity contribution >= 4 is 68.9 Å². The summed E-state index contributed by atoms with van der Waals surface area (Å²) < 4.78 is 0. The number of carbonyl (C=O) groups excluding carboxylic acids is 1. The van der Waals surface area contributed by atoms with E-state index >= 15 is 0 Å². The fraction of sp³-hybridized carbons (Fsp3) is 0.400. The Morgan fingerprint density at radius 3 is 2.04 bits per heavy atom. The van der Waals surface area contributed by atoms with Crippen molar-refractivity contribution in [2.45, 2.75) is 26.4 Å². The van der Waals surface area contributed by atoms with Crippen LogP contribution in [-0.2, 0) is 5.60 Å². The Morgan fingerprint density at radius 1 is 1.04 bits per heavy atom. The number of rotatable bonds is 3. The van der Waals surface area contributed by atoms with E-state index in [-0.39, 0.29) is 47.7 Å². The Kier molecular flexibility index (Phi) is 5.52. The average Bonchev–Trinajstić information content (AvgIpc) is 2.67. The fourth-order valence-corrected chi connectivity index (χ4v) is 4.06. The van der Waals surface area contributed by atoms with Crippen molar-refractivity contribution in [2.24, 2.45) is 0 Å². The van der Waals surface area contributed by atoms with Crippen molar-refractivity contribution in [1.29, 1.82) is 0 Å². The van der Waals surface area contributed by atoms with Crippen LogP contribution in [-0.4, -0.2) is 29.0 Å². The molecule has 23 heavy (non-hydrogen) atoms. The molecule has 0 bridgehead atoms. The molecule has 0 radical (unpaired) electrons. The average molecular weight is 418 g/mol. The van der Waals surface area contributed by atoms with Gasteiger partial charge in [-0.2, -0.15) is 0 Å². The SMILES string of the molecule is CCN(CC)C(=O)c1c(Cl)c(Cl)c(Cl)c2c1C(C)(O)C(Cl)=C2Cl. The molecule has 1 N–H and O–H groups in total. The third-order valence-electron chi connectivity index (χ3n) is 3.92. The number of nitrogens with zero attached hydrogens (tertiary/aromatic N) is 1. The molecule has 0 saturated heterocycles. The van der Waals surface area contributed by atoms with Gasteiger partial charge in [0.2, 0.25) is 0 Å². The number of halogens is 5. The Balaban J connectivity index is 2.88. The molecule has 126 valence electrons. The van der Waals surface area contributed by atoms with Crippen molar-refractivity contribution in [1.82, 2.24) is 4.90 Å². The molecule has 1 amide bonds. The minimum absolute atomic E-state index is 0.00269. The molecule has 0 spiro atoms. The van der Waals surface area contributed by atoms with Crippen LogP contribution in [0.15, 0.2) is 5.03 Å². The number of benzene rings is 1. The smallest absolute Gasteiger partial charge is 0.255 e. The molecule has 8 heteroatoms. The summed E-state index contributed by atoms with van der Waals surface area (Å²) in [5.41, 5.74) is -1.18. The van der Waals surface area contributed by atoms with Gasteiger partial charge in [-0.15, -0.1) is 0 Å². The third-order valence-corrected chi connectivity index (χ3v) is 6.27. The van der Waals surface area contributed by atoms with Gasteiger partial charge < -0.3 is 10.0 Å². The molecular formula is C15H14Cl5NO2. The first-order valence-electron chi connectivity index (χ1n) is 6.89. The van der Waals surface area contributed by atoms with Crippen LogP contribution in [0.4, 0.5) is 0 Å². The van der Waals surface area contributed by atoms with Gasteiger partial charge in [-0.3, -0.25) is 4.79 Å². The van der Waals surface area contributed by atoms with Gasteiger partial charge in [0.25, 0.3) is 5.91 Å². The van der Waals surface area contributed by atoms with Gasteiger partial charge in [0.1, 0.15) is 5.60 Å². The topological polar surface area (TPSA) is 40.5 Å². The Morgan fingerprint density at radius 2 is 1.57 bits per heavy atom. The van der Waals surface area contributed by atoms with Crippen LogP contribution in [0.5, 0.6) is 0 Å². The zero-order valence-electron chi connectivity index (χ0n) is 12.6. The lowest BCUT2D eigenvalue weighted by molar-refractivity contribution is 0.0748. The van der Waals surface area contributed by atoms with Crippen molar-refractivity contribution in [3.63, 3.8) is 0 Å². The molecule has 0 aliphatic heterocycles. The molecule has 1 aliphatic rings. The lowest BCUT2D eigenvalue weighted by atomic mass is 9.91. The maximum Gasteiger partial charge on any atom is 0.255 e. The number of aliphatic hydroxyl groups is 1. The second-order valence-electron chi connectivity index (χ2n) is 5.24. The normalized spacial score (nSPS) is 20.0. The van der Waals surface area contributed by atoms with Crippen LogP contribution in [0, 0.1) is 0 Å². The van der Waals surface area contributed by atoms with E-state index in [2.05, 4.69) is 0 Å². The van der Waals surface area contributed by atoms with Crippen LogP contribution < -0.4 is 0 Å². The predicted molar refractivity (Wildman–Crippen MR) is 96.9 cm³/mol. The first-order valence-corrected chi connectivity index (χ1v) is 8.78. The number of hydrogen-bond acceptors (Lipinski definition) is 2. The van der Waals surface area contributed by atoms with Crippen molar-refractivity contribution < 1.29 is 9.90 Å². The summed E-state index contributed by atoms with van der Waals surface area (Å²) in [6.45, 7) is 6.05. The highest BCUT2D eigenvalue weighted by Gasteiger charge is 2.45.